The average molecular weight is 238 g/mol. The largest absolute Gasteiger partial charge is 0.380 e. The lowest BCUT2D eigenvalue weighted by molar-refractivity contribution is -0.121. The van der Waals surface area contributed by atoms with E-state index in [1.165, 1.54) is 0 Å². The summed E-state index contributed by atoms with van der Waals surface area (Å²) in [4.78, 5) is 11.0. The summed E-state index contributed by atoms with van der Waals surface area (Å²) in [5.41, 5.74) is 0. The first-order chi connectivity index (χ1) is 5.57. The van der Waals surface area contributed by atoms with E-state index in [9.17, 15) is 4.79 Å². The Labute approximate surface area is 82.0 Å². The summed E-state index contributed by atoms with van der Waals surface area (Å²) in [6.45, 7) is 6.90. The maximum absolute atomic E-state index is 11.1. The molecule has 0 radical (unpaired) electrons. The number of nitrogens with one attached hydrogen (secondary N) is 1. The van der Waals surface area contributed by atoms with E-state index in [4.69, 9.17) is 4.74 Å². The normalized spacial score (nSPS) is 15.3. The molecule has 0 aliphatic carbocycles. The van der Waals surface area contributed by atoms with Gasteiger partial charge in [0.1, 0.15) is 0 Å². The first-order valence-electron chi connectivity index (χ1n) is 4.10. The van der Waals surface area contributed by atoms with Crippen molar-refractivity contribution >= 4 is 21.8 Å². The molecule has 0 spiro atoms. The van der Waals surface area contributed by atoms with Crippen molar-refractivity contribution in [2.24, 2.45) is 0 Å². The van der Waals surface area contributed by atoms with Crippen molar-refractivity contribution in [2.45, 2.75) is 31.6 Å². The SMILES string of the molecule is CCOCC(C)NC(=O)C(C)Br. The molecule has 0 aliphatic heterocycles. The Balaban J connectivity index is 3.54. The Morgan fingerprint density at radius 2 is 2.17 bits per heavy atom. The van der Waals surface area contributed by atoms with Gasteiger partial charge in [0.2, 0.25) is 5.91 Å². The van der Waals surface area contributed by atoms with Crippen LogP contribution in [0.3, 0.4) is 0 Å². The van der Waals surface area contributed by atoms with Gasteiger partial charge in [-0.05, 0) is 20.8 Å². The molecule has 0 aromatic carbocycles. The number of hydrogen-bond donors (Lipinski definition) is 1. The van der Waals surface area contributed by atoms with E-state index in [0.29, 0.717) is 13.2 Å². The van der Waals surface area contributed by atoms with Crippen molar-refractivity contribution in [3.63, 3.8) is 0 Å². The van der Waals surface area contributed by atoms with E-state index >= 15 is 0 Å². The van der Waals surface area contributed by atoms with Gasteiger partial charge in [-0.1, -0.05) is 15.9 Å². The van der Waals surface area contributed by atoms with Gasteiger partial charge in [0, 0.05) is 12.6 Å². The molecular formula is C8H16BrNO2. The Kier molecular flexibility index (Phi) is 6.38. The fourth-order valence-corrected chi connectivity index (χ4v) is 0.826. The summed E-state index contributed by atoms with van der Waals surface area (Å²) in [7, 11) is 0. The number of carbonyl (C=O) groups is 1. The predicted molar refractivity (Wildman–Crippen MR) is 52.5 cm³/mol. The molecule has 2 unspecified atom stereocenters. The monoisotopic (exact) mass is 237 g/mol. The van der Waals surface area contributed by atoms with Crippen LogP contribution in [0.15, 0.2) is 0 Å². The number of alkyl halides is 1. The van der Waals surface area contributed by atoms with E-state index < -0.39 is 0 Å². The molecular weight excluding hydrogens is 222 g/mol. The zero-order chi connectivity index (χ0) is 9.56. The standard InChI is InChI=1S/C8H16BrNO2/c1-4-12-5-6(2)10-8(11)7(3)9/h6-7H,4-5H2,1-3H3,(H,10,11). The van der Waals surface area contributed by atoms with E-state index in [1.807, 2.05) is 13.8 Å². The zero-order valence-corrected chi connectivity index (χ0v) is 9.35. The highest BCUT2D eigenvalue weighted by Gasteiger charge is 2.11. The molecule has 72 valence electrons. The molecule has 1 amide bonds. The molecule has 0 heterocycles. The number of carbonyl (C=O) groups excluding carboxylic acids is 1. The minimum Gasteiger partial charge on any atom is -0.380 e. The maximum atomic E-state index is 11.1. The highest BCUT2D eigenvalue weighted by molar-refractivity contribution is 9.10. The second-order valence-electron chi connectivity index (χ2n) is 2.69. The highest BCUT2D eigenvalue weighted by atomic mass is 79.9. The van der Waals surface area contributed by atoms with Crippen molar-refractivity contribution < 1.29 is 9.53 Å². The lowest BCUT2D eigenvalue weighted by Crippen LogP contribution is -2.39. The van der Waals surface area contributed by atoms with E-state index in [-0.39, 0.29) is 16.8 Å². The van der Waals surface area contributed by atoms with Crippen LogP contribution in [-0.2, 0) is 9.53 Å². The van der Waals surface area contributed by atoms with Crippen molar-refractivity contribution in [3.05, 3.63) is 0 Å². The summed E-state index contributed by atoms with van der Waals surface area (Å²) in [5.74, 6) is 0.00204. The Bertz CT molecular complexity index is 139. The smallest absolute Gasteiger partial charge is 0.233 e. The van der Waals surface area contributed by atoms with Crippen LogP contribution in [-0.4, -0.2) is 30.0 Å². The molecule has 0 aromatic heterocycles. The lowest BCUT2D eigenvalue weighted by atomic mass is 10.3. The molecule has 12 heavy (non-hydrogen) atoms. The molecule has 0 aromatic rings. The highest BCUT2D eigenvalue weighted by Crippen LogP contribution is 1.97. The first kappa shape index (κ1) is 11.9. The Hall–Kier alpha value is -0.0900. The molecule has 0 saturated carbocycles. The first-order valence-corrected chi connectivity index (χ1v) is 5.01. The van der Waals surface area contributed by atoms with Crippen molar-refractivity contribution in [1.29, 1.82) is 0 Å². The van der Waals surface area contributed by atoms with Gasteiger partial charge in [0.15, 0.2) is 0 Å². The number of rotatable bonds is 5. The van der Waals surface area contributed by atoms with Crippen LogP contribution >= 0.6 is 15.9 Å². The van der Waals surface area contributed by atoms with Gasteiger partial charge in [-0.2, -0.15) is 0 Å². The minimum atomic E-state index is -0.137. The zero-order valence-electron chi connectivity index (χ0n) is 7.76. The van der Waals surface area contributed by atoms with Crippen LogP contribution < -0.4 is 5.32 Å². The summed E-state index contributed by atoms with van der Waals surface area (Å²) < 4.78 is 5.15. The fourth-order valence-electron chi connectivity index (χ4n) is 0.694. The average Bonchev–Trinajstić information content (AvgIpc) is 2.00. The third-order valence-electron chi connectivity index (χ3n) is 1.32. The Morgan fingerprint density at radius 3 is 2.58 bits per heavy atom. The number of ether oxygens (including phenoxy) is 1. The lowest BCUT2D eigenvalue weighted by Gasteiger charge is -2.14. The molecule has 1 N–H and O–H groups in total. The van der Waals surface area contributed by atoms with Crippen LogP contribution in [0.2, 0.25) is 0 Å². The predicted octanol–water partition coefficient (Wildman–Crippen LogP) is 1.31. The quantitative estimate of drug-likeness (QED) is 0.733. The van der Waals surface area contributed by atoms with Gasteiger partial charge in [0.05, 0.1) is 11.4 Å². The second-order valence-corrected chi connectivity index (χ2v) is 4.06. The van der Waals surface area contributed by atoms with Gasteiger partial charge >= 0.3 is 0 Å². The van der Waals surface area contributed by atoms with Crippen molar-refractivity contribution in [3.8, 4) is 0 Å². The summed E-state index contributed by atoms with van der Waals surface area (Å²) in [5, 5.41) is 2.80. The van der Waals surface area contributed by atoms with Gasteiger partial charge in [-0.15, -0.1) is 0 Å². The molecule has 4 heteroatoms. The third kappa shape index (κ3) is 5.55. The summed E-state index contributed by atoms with van der Waals surface area (Å²) >= 11 is 3.18. The minimum absolute atomic E-state index is 0.00204. The van der Waals surface area contributed by atoms with Gasteiger partial charge in [-0.3, -0.25) is 4.79 Å². The van der Waals surface area contributed by atoms with Crippen molar-refractivity contribution in [2.75, 3.05) is 13.2 Å². The van der Waals surface area contributed by atoms with Crippen LogP contribution in [0.1, 0.15) is 20.8 Å². The van der Waals surface area contributed by atoms with Crippen LogP contribution in [0.25, 0.3) is 0 Å². The van der Waals surface area contributed by atoms with E-state index in [1.54, 1.807) is 6.92 Å². The Morgan fingerprint density at radius 1 is 1.58 bits per heavy atom. The van der Waals surface area contributed by atoms with E-state index in [2.05, 4.69) is 21.2 Å². The molecule has 0 fully saturated rings. The van der Waals surface area contributed by atoms with Crippen molar-refractivity contribution in [1.82, 2.24) is 5.32 Å². The maximum Gasteiger partial charge on any atom is 0.233 e. The molecule has 3 nitrogen and oxygen atoms in total. The number of hydrogen-bond acceptors (Lipinski definition) is 2. The topological polar surface area (TPSA) is 38.3 Å². The van der Waals surface area contributed by atoms with Gasteiger partial charge in [0.25, 0.3) is 0 Å². The molecule has 0 bridgehead atoms. The van der Waals surface area contributed by atoms with Gasteiger partial charge < -0.3 is 10.1 Å². The number of halogens is 1. The third-order valence-corrected chi connectivity index (χ3v) is 1.74. The molecule has 0 aliphatic rings. The molecule has 2 atom stereocenters. The molecule has 0 rings (SSSR count). The van der Waals surface area contributed by atoms with E-state index in [0.717, 1.165) is 0 Å². The van der Waals surface area contributed by atoms with Gasteiger partial charge in [-0.25, -0.2) is 0 Å². The fraction of sp³-hybridized carbons (Fsp3) is 0.875. The molecule has 0 saturated heterocycles. The summed E-state index contributed by atoms with van der Waals surface area (Å²) in [6.07, 6.45) is 0. The van der Waals surface area contributed by atoms with Crippen LogP contribution in [0.4, 0.5) is 0 Å². The number of amides is 1. The van der Waals surface area contributed by atoms with Crippen LogP contribution in [0, 0.1) is 0 Å². The second kappa shape index (κ2) is 6.43. The summed E-state index contributed by atoms with van der Waals surface area (Å²) in [6, 6.07) is 0.0810. The van der Waals surface area contributed by atoms with Crippen LogP contribution in [0.5, 0.6) is 0 Å².